The second-order valence-corrected chi connectivity index (χ2v) is 22.2. The molecule has 3 aliphatic rings. The third kappa shape index (κ3) is 15.1. The third-order valence-corrected chi connectivity index (χ3v) is 13.7. The number of pyridine rings is 1. The Bertz CT molecular complexity index is 2880. The molecule has 2 aliphatic carbocycles. The lowest BCUT2D eigenvalue weighted by Crippen LogP contribution is -2.60. The number of carbonyl (C=O) groups is 5. The van der Waals surface area contributed by atoms with E-state index < -0.39 is 109 Å². The molecule has 4 amide bonds. The largest absolute Gasteiger partial charge is 0.514 e. The summed E-state index contributed by atoms with van der Waals surface area (Å²) in [6.45, 7) is 14.3. The lowest BCUT2D eigenvalue weighted by molar-refractivity contribution is -0.384. The molecule has 21 nitrogen and oxygen atoms in total. The van der Waals surface area contributed by atoms with Crippen molar-refractivity contribution in [1.29, 1.82) is 0 Å². The normalized spacial score (nSPS) is 20.5. The molecular weight excluding hydrogens is 1080 g/mol. The molecular formula is C48H57ClF6N6O15S. The number of nitro benzene ring substituents is 1. The van der Waals surface area contributed by atoms with Crippen LogP contribution in [0.2, 0.25) is 5.02 Å². The van der Waals surface area contributed by atoms with Crippen molar-refractivity contribution in [3.8, 4) is 17.4 Å². The Morgan fingerprint density at radius 3 is 2.08 bits per heavy atom. The van der Waals surface area contributed by atoms with Gasteiger partial charge in [-0.25, -0.2) is 23.5 Å². The van der Waals surface area contributed by atoms with Gasteiger partial charge in [-0.3, -0.25) is 24.5 Å². The lowest BCUT2D eigenvalue weighted by Gasteiger charge is -2.36. The lowest BCUT2D eigenvalue weighted by atomic mass is 9.85. The number of rotatable bonds is 17. The van der Waals surface area contributed by atoms with Gasteiger partial charge in [-0.2, -0.15) is 34.8 Å². The molecule has 1 saturated heterocycles. The Balaban J connectivity index is 0.000000459. The molecule has 3 N–H and O–H groups in total. The van der Waals surface area contributed by atoms with E-state index in [4.69, 9.17) is 30.0 Å². The number of nitro groups is 1. The zero-order chi connectivity index (χ0) is 58.1. The van der Waals surface area contributed by atoms with Crippen molar-refractivity contribution >= 4 is 68.5 Å². The zero-order valence-electron chi connectivity index (χ0n) is 43.0. The molecule has 0 bridgehead atoms. The van der Waals surface area contributed by atoms with Gasteiger partial charge in [0.15, 0.2) is 0 Å². The molecule has 29 heteroatoms. The molecule has 2 aromatic carbocycles. The number of halogens is 7. The fourth-order valence-corrected chi connectivity index (χ4v) is 8.76. The molecule has 1 aliphatic heterocycles. The number of fused-ring (bicyclic) bond motifs is 1. The number of benzene rings is 2. The van der Waals surface area contributed by atoms with Crippen molar-refractivity contribution < 1.29 is 91.5 Å². The molecule has 0 unspecified atom stereocenters. The number of ether oxygens (including phenoxy) is 5. The van der Waals surface area contributed by atoms with E-state index in [1.807, 2.05) is 4.72 Å². The first kappa shape index (κ1) is 61.2. The number of alkyl carbamates (subject to hydrolysis) is 1. The Kier molecular flexibility index (Phi) is 17.8. The van der Waals surface area contributed by atoms with Gasteiger partial charge in [0.2, 0.25) is 28.9 Å². The Hall–Kier alpha value is -6.68. The Labute approximate surface area is 443 Å². The number of carbonyl (C=O) groups excluding carboxylic acids is 5. The minimum atomic E-state index is -4.94. The van der Waals surface area contributed by atoms with Crippen LogP contribution < -0.4 is 29.6 Å². The van der Waals surface area contributed by atoms with E-state index in [2.05, 4.69) is 31.7 Å². The molecule has 5 atom stereocenters. The maximum Gasteiger partial charge on any atom is 0.514 e. The molecule has 2 heterocycles. The monoisotopic (exact) mass is 1140 g/mol. The highest BCUT2D eigenvalue weighted by molar-refractivity contribution is 7.85. The quantitative estimate of drug-likeness (QED) is 0.0285. The number of non-ortho nitro benzene ring substituents is 1. The van der Waals surface area contributed by atoms with Crippen LogP contribution in [0.4, 0.5) is 41.6 Å². The van der Waals surface area contributed by atoms with Crippen molar-refractivity contribution in [1.82, 2.24) is 25.2 Å². The molecule has 0 spiro atoms. The molecule has 6 rings (SSSR count). The summed E-state index contributed by atoms with van der Waals surface area (Å²) in [5.74, 6) is -3.29. The van der Waals surface area contributed by atoms with Gasteiger partial charge >= 0.3 is 34.9 Å². The predicted octanol–water partition coefficient (Wildman–Crippen LogP) is 8.56. The van der Waals surface area contributed by atoms with E-state index in [-0.39, 0.29) is 49.1 Å². The number of amides is 4. The van der Waals surface area contributed by atoms with Crippen LogP contribution in [-0.4, -0.2) is 119 Å². The topological polar surface area (TPSA) is 270 Å². The van der Waals surface area contributed by atoms with Crippen LogP contribution in [0.5, 0.6) is 17.4 Å². The van der Waals surface area contributed by atoms with E-state index in [1.54, 1.807) is 52.8 Å². The molecule has 77 heavy (non-hydrogen) atoms. The van der Waals surface area contributed by atoms with Gasteiger partial charge in [-0.1, -0.05) is 44.5 Å². The molecule has 424 valence electrons. The SMILES string of the molecule is C=C[C@@H]1C[C@]1(NC(=O)[C@@H]1C[C@@H](Oc2cc(OCC)nc3c(Cl)cccc23)CN1C(=O)[C@@H](NC(=O)OC(C)(C)C(F)(F)F)C(C)(C)C)C(=O)NS(=O)(=O)OC1(C)CC1.CC(C)(OC(=O)Oc1ccc([N+](=O)[O-])cc1)C(F)(F)F. The van der Waals surface area contributed by atoms with Crippen molar-refractivity contribution in [2.24, 2.45) is 11.3 Å². The smallest absolute Gasteiger partial charge is 0.488 e. The fourth-order valence-electron chi connectivity index (χ4n) is 7.39. The number of likely N-dealkylation sites (tertiary alicyclic amines) is 1. The number of nitrogens with zero attached hydrogens (tertiary/aromatic N) is 3. The van der Waals surface area contributed by atoms with Crippen molar-refractivity contribution in [2.45, 2.75) is 141 Å². The number of hydrogen-bond donors (Lipinski definition) is 3. The van der Waals surface area contributed by atoms with E-state index in [0.717, 1.165) is 29.2 Å². The third-order valence-electron chi connectivity index (χ3n) is 12.4. The van der Waals surface area contributed by atoms with Gasteiger partial charge < -0.3 is 39.2 Å². The fraction of sp³-hybridized carbons (Fsp3) is 0.542. The first-order valence-corrected chi connectivity index (χ1v) is 25.3. The van der Waals surface area contributed by atoms with Gasteiger partial charge in [0.05, 0.1) is 34.2 Å². The summed E-state index contributed by atoms with van der Waals surface area (Å²) < 4.78 is 136. The van der Waals surface area contributed by atoms with E-state index in [1.165, 1.54) is 12.1 Å². The van der Waals surface area contributed by atoms with Crippen LogP contribution in [0.3, 0.4) is 0 Å². The number of para-hydroxylation sites is 1. The first-order chi connectivity index (χ1) is 35.3. The number of aromatic nitrogens is 1. The average Bonchev–Trinajstić information content (AvgIpc) is 4.15. The maximum absolute atomic E-state index is 14.5. The number of nitrogens with one attached hydrogen (secondary N) is 3. The summed E-state index contributed by atoms with van der Waals surface area (Å²) in [6, 6.07) is 7.77. The summed E-state index contributed by atoms with van der Waals surface area (Å²) >= 11 is 6.45. The molecule has 1 aromatic heterocycles. The molecule has 3 fully saturated rings. The summed E-state index contributed by atoms with van der Waals surface area (Å²) in [7, 11) is -4.58. The van der Waals surface area contributed by atoms with E-state index in [9.17, 15) is 68.8 Å². The van der Waals surface area contributed by atoms with E-state index >= 15 is 0 Å². The highest BCUT2D eigenvalue weighted by atomic mass is 35.5. The van der Waals surface area contributed by atoms with Crippen LogP contribution in [0.25, 0.3) is 10.9 Å². The van der Waals surface area contributed by atoms with Gasteiger partial charge in [0, 0.05) is 35.9 Å². The van der Waals surface area contributed by atoms with Gasteiger partial charge in [-0.15, -0.1) is 6.58 Å². The highest BCUT2D eigenvalue weighted by Gasteiger charge is 2.62. The van der Waals surface area contributed by atoms with Crippen molar-refractivity contribution in [2.75, 3.05) is 13.2 Å². The zero-order valence-corrected chi connectivity index (χ0v) is 44.5. The van der Waals surface area contributed by atoms with Crippen LogP contribution in [0.15, 0.2) is 61.2 Å². The summed E-state index contributed by atoms with van der Waals surface area (Å²) in [6.07, 6.45) is -11.6. The van der Waals surface area contributed by atoms with Crippen molar-refractivity contribution in [3.05, 3.63) is 76.3 Å². The molecule has 0 radical (unpaired) electrons. The second kappa shape index (κ2) is 22.4. The maximum atomic E-state index is 14.5. The Morgan fingerprint density at radius 2 is 1.56 bits per heavy atom. The van der Waals surface area contributed by atoms with Gasteiger partial charge in [0.1, 0.15) is 35.2 Å². The average molecular weight is 1140 g/mol. The van der Waals surface area contributed by atoms with Crippen LogP contribution >= 0.6 is 11.6 Å². The number of alkyl halides is 6. The predicted molar refractivity (Wildman–Crippen MR) is 261 cm³/mol. The highest BCUT2D eigenvalue weighted by Crippen LogP contribution is 2.46. The molecule has 3 aromatic rings. The van der Waals surface area contributed by atoms with Crippen molar-refractivity contribution in [3.63, 3.8) is 0 Å². The van der Waals surface area contributed by atoms with Gasteiger partial charge in [0.25, 0.3) is 11.6 Å². The minimum Gasteiger partial charge on any atom is -0.488 e. The summed E-state index contributed by atoms with van der Waals surface area (Å²) in [5, 5.41) is 16.0. The second-order valence-electron chi connectivity index (χ2n) is 20.5. The summed E-state index contributed by atoms with van der Waals surface area (Å²) in [5.41, 5.74) is -9.40. The first-order valence-electron chi connectivity index (χ1n) is 23.5. The van der Waals surface area contributed by atoms with Crippen LogP contribution in [-0.2, 0) is 38.3 Å². The minimum absolute atomic E-state index is 0.0293. The Morgan fingerprint density at radius 1 is 0.961 bits per heavy atom. The molecule has 2 saturated carbocycles. The van der Waals surface area contributed by atoms with Gasteiger partial charge in [-0.05, 0) is 90.5 Å². The van der Waals surface area contributed by atoms with Crippen LogP contribution in [0, 0.1) is 21.4 Å². The van der Waals surface area contributed by atoms with E-state index in [0.29, 0.717) is 56.5 Å². The number of hydrogen-bond acceptors (Lipinski definition) is 16. The van der Waals surface area contributed by atoms with Crippen LogP contribution in [0.1, 0.15) is 88.0 Å². The standard InChI is InChI=1S/C37H47ClF3N5O10S.C11H10F3NO5/c1-9-20-18-36(20,31(49)45-57(51,52)56-35(8)14-15-35)44-29(47)24-16-21(54-25-17-26(53-10-2)42-27-22(25)12-11-13-23(27)38)19-46(24)30(48)28(33(3,4)5)43-32(50)55-34(6,7)37(39,40)41;1-10(2,11(12,13)14)20-9(16)19-8-5-3-7(4-6-8)15(17)18/h9,11-13,17,20-21,24,28H,1,10,14-16,18-19H2,2-8H3,(H,43,50)(H,44,47)(H,45,49);3-6H,1-2H3/t20-,21-,24+,28-,36-;/m1./s1. The summed E-state index contributed by atoms with van der Waals surface area (Å²) in [4.78, 5) is 81.8.